The van der Waals surface area contributed by atoms with Crippen molar-refractivity contribution in [2.45, 2.75) is 18.2 Å². The molecule has 0 bridgehead atoms. The Balaban J connectivity index is 1.97. The van der Waals surface area contributed by atoms with E-state index in [0.29, 0.717) is 6.54 Å². The Morgan fingerprint density at radius 3 is 2.73 bits per heavy atom. The highest BCUT2D eigenvalue weighted by molar-refractivity contribution is 7.89. The van der Waals surface area contributed by atoms with Crippen molar-refractivity contribution in [3.63, 3.8) is 0 Å². The van der Waals surface area contributed by atoms with E-state index in [-0.39, 0.29) is 16.5 Å². The molecule has 0 aliphatic carbocycles. The van der Waals surface area contributed by atoms with E-state index in [4.69, 9.17) is 5.11 Å². The van der Waals surface area contributed by atoms with Gasteiger partial charge in [0, 0.05) is 17.6 Å². The Bertz CT molecular complexity index is 725. The second-order valence-corrected chi connectivity index (χ2v) is 7.72. The first-order valence-corrected chi connectivity index (χ1v) is 8.96. The Hall–Kier alpha value is -1.77. The minimum Gasteiger partial charge on any atom is -0.477 e. The van der Waals surface area contributed by atoms with E-state index in [0.717, 1.165) is 12.6 Å². The van der Waals surface area contributed by atoms with E-state index in [1.165, 1.54) is 17.0 Å². The molecule has 0 spiro atoms. The summed E-state index contributed by atoms with van der Waals surface area (Å²) in [4.78, 5) is 15.5. The summed E-state index contributed by atoms with van der Waals surface area (Å²) in [6.07, 6.45) is 1.85. The number of aromatic carboxylic acids is 1. The van der Waals surface area contributed by atoms with Crippen molar-refractivity contribution in [2.24, 2.45) is 5.92 Å². The lowest BCUT2D eigenvalue weighted by molar-refractivity contribution is 0.0690. The molecule has 6 nitrogen and oxygen atoms in total. The molecule has 2 aromatic rings. The molecule has 0 aliphatic heterocycles. The van der Waals surface area contributed by atoms with Crippen molar-refractivity contribution in [3.8, 4) is 0 Å². The third-order valence-corrected chi connectivity index (χ3v) is 5.32. The number of thiophene rings is 1. The molecule has 0 aromatic carbocycles. The maximum Gasteiger partial charge on any atom is 0.354 e. The molecule has 2 rings (SSSR count). The second-order valence-electron chi connectivity index (χ2n) is 4.92. The summed E-state index contributed by atoms with van der Waals surface area (Å²) in [6.45, 7) is 2.27. The summed E-state index contributed by atoms with van der Waals surface area (Å²) in [6, 6.07) is 6.39. The minimum absolute atomic E-state index is 0.0409. The number of carboxylic acids is 1. The van der Waals surface area contributed by atoms with Gasteiger partial charge in [-0.15, -0.1) is 11.3 Å². The lowest BCUT2D eigenvalue weighted by Gasteiger charge is -2.12. The van der Waals surface area contributed by atoms with Crippen molar-refractivity contribution in [1.29, 1.82) is 0 Å². The molecule has 1 unspecified atom stereocenters. The van der Waals surface area contributed by atoms with Gasteiger partial charge in [0.05, 0.1) is 0 Å². The number of nitrogens with one attached hydrogen (secondary N) is 1. The zero-order chi connectivity index (χ0) is 16.2. The molecule has 8 heteroatoms. The van der Waals surface area contributed by atoms with Gasteiger partial charge in [-0.25, -0.2) is 22.9 Å². The van der Waals surface area contributed by atoms with Crippen LogP contribution in [0.25, 0.3) is 0 Å². The van der Waals surface area contributed by atoms with Gasteiger partial charge in [-0.3, -0.25) is 0 Å². The molecular formula is C14H16N2O4S2. The summed E-state index contributed by atoms with van der Waals surface area (Å²) in [5.74, 6) is -1.04. The lowest BCUT2D eigenvalue weighted by Crippen LogP contribution is -2.29. The lowest BCUT2D eigenvalue weighted by atomic mass is 10.1. The number of carboxylic acid groups (broad SMARTS) is 1. The van der Waals surface area contributed by atoms with Gasteiger partial charge < -0.3 is 5.11 Å². The fourth-order valence-electron chi connectivity index (χ4n) is 1.85. The maximum atomic E-state index is 12.1. The van der Waals surface area contributed by atoms with Crippen molar-refractivity contribution in [2.75, 3.05) is 6.54 Å². The van der Waals surface area contributed by atoms with Crippen LogP contribution >= 0.6 is 11.3 Å². The third-order valence-electron chi connectivity index (χ3n) is 3.02. The smallest absolute Gasteiger partial charge is 0.354 e. The first-order valence-electron chi connectivity index (χ1n) is 6.60. The van der Waals surface area contributed by atoms with E-state index in [1.807, 2.05) is 24.4 Å². The third kappa shape index (κ3) is 4.36. The van der Waals surface area contributed by atoms with E-state index in [1.54, 1.807) is 11.3 Å². The zero-order valence-electron chi connectivity index (χ0n) is 11.9. The number of nitrogens with zero attached hydrogens (tertiary/aromatic N) is 1. The van der Waals surface area contributed by atoms with Crippen molar-refractivity contribution >= 4 is 27.3 Å². The Labute approximate surface area is 132 Å². The Morgan fingerprint density at radius 2 is 2.18 bits per heavy atom. The van der Waals surface area contributed by atoms with Gasteiger partial charge in [0.1, 0.15) is 10.6 Å². The molecule has 118 valence electrons. The number of rotatable bonds is 7. The molecule has 0 amide bonds. The summed E-state index contributed by atoms with van der Waals surface area (Å²) >= 11 is 1.64. The van der Waals surface area contributed by atoms with Gasteiger partial charge in [-0.05, 0) is 35.9 Å². The summed E-state index contributed by atoms with van der Waals surface area (Å²) < 4.78 is 26.8. The van der Waals surface area contributed by atoms with Gasteiger partial charge in [-0.1, -0.05) is 13.0 Å². The van der Waals surface area contributed by atoms with E-state index in [9.17, 15) is 13.2 Å². The first-order chi connectivity index (χ1) is 10.4. The van der Waals surface area contributed by atoms with E-state index in [2.05, 4.69) is 9.71 Å². The molecule has 22 heavy (non-hydrogen) atoms. The van der Waals surface area contributed by atoms with Crippen LogP contribution in [0.15, 0.2) is 40.7 Å². The fourth-order valence-corrected chi connectivity index (χ4v) is 3.82. The zero-order valence-corrected chi connectivity index (χ0v) is 13.5. The van der Waals surface area contributed by atoms with Crippen LogP contribution in [-0.4, -0.2) is 31.0 Å². The van der Waals surface area contributed by atoms with Crippen LogP contribution in [0.5, 0.6) is 0 Å². The molecular weight excluding hydrogens is 324 g/mol. The van der Waals surface area contributed by atoms with Gasteiger partial charge in [0.25, 0.3) is 0 Å². The Kier molecular flexibility index (Phi) is 5.28. The number of sulfonamides is 1. The monoisotopic (exact) mass is 340 g/mol. The summed E-state index contributed by atoms with van der Waals surface area (Å²) in [5.41, 5.74) is -0.190. The largest absolute Gasteiger partial charge is 0.477 e. The maximum absolute atomic E-state index is 12.1. The van der Waals surface area contributed by atoms with Gasteiger partial charge in [-0.2, -0.15) is 0 Å². The predicted molar refractivity (Wildman–Crippen MR) is 83.6 cm³/mol. The van der Waals surface area contributed by atoms with Crippen LogP contribution in [0.1, 0.15) is 22.3 Å². The second kappa shape index (κ2) is 6.99. The van der Waals surface area contributed by atoms with Crippen LogP contribution < -0.4 is 4.72 Å². The topological polar surface area (TPSA) is 96.4 Å². The summed E-state index contributed by atoms with van der Waals surface area (Å²) in [5, 5.41) is 10.7. The molecule has 0 fully saturated rings. The van der Waals surface area contributed by atoms with Gasteiger partial charge >= 0.3 is 5.97 Å². The molecule has 0 radical (unpaired) electrons. The molecule has 0 aliphatic rings. The molecule has 0 saturated carbocycles. The molecule has 2 N–H and O–H groups in total. The van der Waals surface area contributed by atoms with E-state index < -0.39 is 16.0 Å². The number of carbonyl (C=O) groups is 1. The van der Waals surface area contributed by atoms with Gasteiger partial charge in [0.2, 0.25) is 10.0 Å². The normalized spacial score (nSPS) is 13.0. The van der Waals surface area contributed by atoms with Gasteiger partial charge in [0.15, 0.2) is 0 Å². The highest BCUT2D eigenvalue weighted by Crippen LogP contribution is 2.15. The van der Waals surface area contributed by atoms with Crippen molar-refractivity contribution < 1.29 is 18.3 Å². The van der Waals surface area contributed by atoms with Crippen molar-refractivity contribution in [3.05, 3.63) is 46.4 Å². The van der Waals surface area contributed by atoms with Crippen molar-refractivity contribution in [1.82, 2.24) is 9.71 Å². The van der Waals surface area contributed by atoms with Crippen LogP contribution in [-0.2, 0) is 16.4 Å². The van der Waals surface area contributed by atoms with Crippen LogP contribution in [0.4, 0.5) is 0 Å². The molecule has 2 aromatic heterocycles. The van der Waals surface area contributed by atoms with Crippen LogP contribution in [0.2, 0.25) is 0 Å². The standard InChI is InChI=1S/C14H16N2O4S2/c1-10(7-11-3-2-6-21-11)8-16-22(19,20)12-4-5-13(14(17)18)15-9-12/h2-6,9-10,16H,7-8H2,1H3,(H,17,18). The predicted octanol–water partition coefficient (Wildman–Crippen LogP) is 2.00. The molecule has 2 heterocycles. The van der Waals surface area contributed by atoms with Crippen LogP contribution in [0, 0.1) is 5.92 Å². The highest BCUT2D eigenvalue weighted by Gasteiger charge is 2.17. The quantitative estimate of drug-likeness (QED) is 0.803. The number of pyridine rings is 1. The minimum atomic E-state index is -3.68. The van der Waals surface area contributed by atoms with Crippen LogP contribution in [0.3, 0.4) is 0 Å². The SMILES string of the molecule is CC(CNS(=O)(=O)c1ccc(C(=O)O)nc1)Cc1cccs1. The summed E-state index contributed by atoms with van der Waals surface area (Å²) in [7, 11) is -3.68. The van der Waals surface area contributed by atoms with E-state index >= 15 is 0 Å². The molecule has 1 atom stereocenters. The number of hydrogen-bond acceptors (Lipinski definition) is 5. The number of hydrogen-bond donors (Lipinski definition) is 2. The highest BCUT2D eigenvalue weighted by atomic mass is 32.2. The first kappa shape index (κ1) is 16.6. The molecule has 0 saturated heterocycles. The fraction of sp³-hybridized carbons (Fsp3) is 0.286. The Morgan fingerprint density at radius 1 is 1.41 bits per heavy atom. The average Bonchev–Trinajstić information content (AvgIpc) is 2.98. The number of aromatic nitrogens is 1. The average molecular weight is 340 g/mol.